The number of nitriles is 1. The van der Waals surface area contributed by atoms with Crippen LogP contribution in [-0.2, 0) is 0 Å². The Morgan fingerprint density at radius 3 is 2.33 bits per heavy atom. The van der Waals surface area contributed by atoms with Gasteiger partial charge in [-0.1, -0.05) is 65.1 Å². The minimum atomic E-state index is 0.317. The monoisotopic (exact) mass is 313 g/mol. The van der Waals surface area contributed by atoms with E-state index in [1.165, 1.54) is 11.3 Å². The van der Waals surface area contributed by atoms with Crippen molar-refractivity contribution >= 4 is 56.7 Å². The smallest absolute Gasteiger partial charge is 0.103 e. The summed E-state index contributed by atoms with van der Waals surface area (Å²) in [7, 11) is 0. The first-order valence-electron chi connectivity index (χ1n) is 4.94. The summed E-state index contributed by atoms with van der Waals surface area (Å²) in [5.41, 5.74) is 1.73. The largest absolute Gasteiger partial charge is 0.192 e. The van der Waals surface area contributed by atoms with Crippen molar-refractivity contribution in [2.75, 3.05) is 0 Å². The van der Waals surface area contributed by atoms with Crippen LogP contribution in [0, 0.1) is 11.3 Å². The van der Waals surface area contributed by atoms with Gasteiger partial charge >= 0.3 is 0 Å². The van der Waals surface area contributed by atoms with Crippen LogP contribution in [0.2, 0.25) is 8.67 Å². The fourth-order valence-corrected chi connectivity index (χ4v) is 3.35. The van der Waals surface area contributed by atoms with Gasteiger partial charge in [0.25, 0.3) is 0 Å². The fraction of sp³-hybridized carbons (Fsp3) is 0. The number of thiophene rings is 1. The Morgan fingerprint density at radius 2 is 1.83 bits per heavy atom. The Labute approximate surface area is 124 Å². The van der Waals surface area contributed by atoms with Crippen molar-refractivity contribution in [2.24, 2.45) is 0 Å². The minimum absolute atomic E-state index is 0.317. The molecule has 5 heteroatoms. The Morgan fingerprint density at radius 1 is 1.17 bits per heavy atom. The molecule has 0 unspecified atom stereocenters. The summed E-state index contributed by atoms with van der Waals surface area (Å²) in [5, 5.41) is 9.56. The molecule has 2 aromatic rings. The van der Waals surface area contributed by atoms with Crippen molar-refractivity contribution in [3.63, 3.8) is 0 Å². The molecule has 0 saturated carbocycles. The second-order valence-corrected chi connectivity index (χ2v) is 6.07. The molecule has 0 N–H and O–H groups in total. The molecule has 0 spiro atoms. The topological polar surface area (TPSA) is 23.8 Å². The SMILES string of the molecule is N#C/C(=C(/Cl)c1cc(Cl)sc1Cl)c1ccccc1. The molecule has 18 heavy (non-hydrogen) atoms. The molecule has 0 amide bonds. The second-order valence-electron chi connectivity index (χ2n) is 3.40. The number of rotatable bonds is 2. The first-order valence-corrected chi connectivity index (χ1v) is 6.89. The first kappa shape index (κ1) is 13.5. The highest BCUT2D eigenvalue weighted by Gasteiger charge is 2.14. The third-order valence-corrected chi connectivity index (χ3v) is 4.17. The molecular formula is C13H6Cl3NS. The van der Waals surface area contributed by atoms with E-state index in [9.17, 15) is 5.26 Å². The molecule has 1 aromatic carbocycles. The minimum Gasteiger partial charge on any atom is -0.192 e. The molecule has 1 nitrogen and oxygen atoms in total. The van der Waals surface area contributed by atoms with E-state index >= 15 is 0 Å². The highest BCUT2D eigenvalue weighted by atomic mass is 35.5. The maximum Gasteiger partial charge on any atom is 0.103 e. The van der Waals surface area contributed by atoms with Gasteiger partial charge in [0.05, 0.1) is 14.9 Å². The molecule has 0 aliphatic heterocycles. The predicted octanol–water partition coefficient (Wildman–Crippen LogP) is 5.69. The van der Waals surface area contributed by atoms with Gasteiger partial charge in [0.1, 0.15) is 10.4 Å². The third kappa shape index (κ3) is 2.71. The van der Waals surface area contributed by atoms with Gasteiger partial charge in [-0.05, 0) is 11.6 Å². The van der Waals surface area contributed by atoms with Crippen LogP contribution in [-0.4, -0.2) is 0 Å². The van der Waals surface area contributed by atoms with Crippen LogP contribution >= 0.6 is 46.1 Å². The van der Waals surface area contributed by atoms with E-state index in [4.69, 9.17) is 34.8 Å². The quantitative estimate of drug-likeness (QED) is 0.654. The van der Waals surface area contributed by atoms with E-state index in [0.717, 1.165) is 5.56 Å². The molecule has 0 saturated heterocycles. The van der Waals surface area contributed by atoms with Crippen LogP contribution in [0.5, 0.6) is 0 Å². The Hall–Kier alpha value is -0.980. The molecular weight excluding hydrogens is 309 g/mol. The van der Waals surface area contributed by atoms with E-state index in [0.29, 0.717) is 24.8 Å². The van der Waals surface area contributed by atoms with Gasteiger partial charge < -0.3 is 0 Å². The highest BCUT2D eigenvalue weighted by Crippen LogP contribution is 2.40. The van der Waals surface area contributed by atoms with Crippen LogP contribution in [0.1, 0.15) is 11.1 Å². The molecule has 0 atom stereocenters. The Bertz CT molecular complexity index is 638. The number of nitrogens with zero attached hydrogens (tertiary/aromatic N) is 1. The van der Waals surface area contributed by atoms with Gasteiger partial charge in [-0.2, -0.15) is 5.26 Å². The number of benzene rings is 1. The second kappa shape index (κ2) is 5.77. The summed E-state index contributed by atoms with van der Waals surface area (Å²) in [6.07, 6.45) is 0. The van der Waals surface area contributed by atoms with Crippen molar-refractivity contribution in [1.29, 1.82) is 5.26 Å². The lowest BCUT2D eigenvalue weighted by atomic mass is 10.1. The summed E-state index contributed by atoms with van der Waals surface area (Å²) >= 11 is 19.4. The Balaban J connectivity index is 2.58. The van der Waals surface area contributed by atoms with Crippen molar-refractivity contribution in [3.8, 4) is 6.07 Å². The zero-order valence-electron chi connectivity index (χ0n) is 8.95. The van der Waals surface area contributed by atoms with Gasteiger partial charge in [-0.15, -0.1) is 11.3 Å². The lowest BCUT2D eigenvalue weighted by Gasteiger charge is -2.02. The van der Waals surface area contributed by atoms with E-state index in [1.807, 2.05) is 30.3 Å². The number of halogens is 3. The van der Waals surface area contributed by atoms with Gasteiger partial charge in [-0.25, -0.2) is 0 Å². The van der Waals surface area contributed by atoms with Crippen molar-refractivity contribution in [1.82, 2.24) is 0 Å². The highest BCUT2D eigenvalue weighted by molar-refractivity contribution is 7.20. The van der Waals surface area contributed by atoms with Crippen LogP contribution in [0.4, 0.5) is 0 Å². The Kier molecular flexibility index (Phi) is 4.31. The predicted molar refractivity (Wildman–Crippen MR) is 79.1 cm³/mol. The van der Waals surface area contributed by atoms with Crippen LogP contribution in [0.15, 0.2) is 36.4 Å². The summed E-state index contributed by atoms with van der Waals surface area (Å²) in [4.78, 5) is 0. The van der Waals surface area contributed by atoms with Crippen molar-refractivity contribution in [3.05, 3.63) is 56.2 Å². The summed E-state index contributed by atoms with van der Waals surface area (Å²) in [6.45, 7) is 0. The van der Waals surface area contributed by atoms with Crippen LogP contribution in [0.25, 0.3) is 10.6 Å². The van der Waals surface area contributed by atoms with Crippen LogP contribution < -0.4 is 0 Å². The zero-order chi connectivity index (χ0) is 13.1. The van der Waals surface area contributed by atoms with E-state index in [-0.39, 0.29) is 0 Å². The van der Waals surface area contributed by atoms with Crippen molar-refractivity contribution in [2.45, 2.75) is 0 Å². The summed E-state index contributed by atoms with van der Waals surface area (Å²) in [6, 6.07) is 13.0. The maximum absolute atomic E-state index is 9.24. The molecule has 2 rings (SSSR count). The summed E-state index contributed by atoms with van der Waals surface area (Å²) < 4.78 is 1.02. The van der Waals surface area contributed by atoms with Crippen LogP contribution in [0.3, 0.4) is 0 Å². The van der Waals surface area contributed by atoms with Gasteiger partial charge in [0.2, 0.25) is 0 Å². The number of hydrogen-bond donors (Lipinski definition) is 0. The molecule has 1 aromatic heterocycles. The van der Waals surface area contributed by atoms with E-state index in [2.05, 4.69) is 6.07 Å². The number of hydrogen-bond acceptors (Lipinski definition) is 2. The average Bonchev–Trinajstić information content (AvgIpc) is 2.70. The molecule has 0 radical (unpaired) electrons. The molecule has 90 valence electrons. The third-order valence-electron chi connectivity index (χ3n) is 2.29. The molecule has 0 fully saturated rings. The molecule has 1 heterocycles. The fourth-order valence-electron chi connectivity index (χ4n) is 1.47. The van der Waals surface area contributed by atoms with Gasteiger partial charge in [0.15, 0.2) is 0 Å². The standard InChI is InChI=1S/C13H6Cl3NS/c14-11-6-9(13(16)18-11)12(15)10(7-17)8-4-2-1-3-5-8/h1-6H/b12-10-. The van der Waals surface area contributed by atoms with Gasteiger partial charge in [0, 0.05) is 5.56 Å². The van der Waals surface area contributed by atoms with E-state index in [1.54, 1.807) is 6.07 Å². The number of allylic oxidation sites excluding steroid dienone is 1. The van der Waals surface area contributed by atoms with Gasteiger partial charge in [-0.3, -0.25) is 0 Å². The normalized spacial score (nSPS) is 11.9. The van der Waals surface area contributed by atoms with E-state index < -0.39 is 0 Å². The molecule has 0 aliphatic rings. The lowest BCUT2D eigenvalue weighted by molar-refractivity contribution is 1.52. The van der Waals surface area contributed by atoms with Crippen molar-refractivity contribution < 1.29 is 0 Å². The molecule has 0 aliphatic carbocycles. The lowest BCUT2D eigenvalue weighted by Crippen LogP contribution is -1.84. The first-order chi connectivity index (χ1) is 8.63. The maximum atomic E-state index is 9.24. The zero-order valence-corrected chi connectivity index (χ0v) is 12.0. The summed E-state index contributed by atoms with van der Waals surface area (Å²) in [5.74, 6) is 0. The molecule has 0 bridgehead atoms. The average molecular weight is 315 g/mol.